The first-order valence-electron chi connectivity index (χ1n) is 10.7. The molecule has 3 aromatic rings. The van der Waals surface area contributed by atoms with Gasteiger partial charge in [-0.3, -0.25) is 4.98 Å². The second-order valence-corrected chi connectivity index (χ2v) is 8.23. The number of H-pyrrole nitrogens is 1. The molecule has 0 spiro atoms. The Morgan fingerprint density at radius 1 is 1.00 bits per heavy atom. The van der Waals surface area contributed by atoms with Crippen LogP contribution in [0.15, 0.2) is 42.6 Å². The second kappa shape index (κ2) is 9.32. The van der Waals surface area contributed by atoms with E-state index in [9.17, 15) is 13.2 Å². The van der Waals surface area contributed by atoms with E-state index in [1.54, 1.807) is 19.2 Å². The molecule has 0 radical (unpaired) electrons. The molecular weight excluding hydrogens is 419 g/mol. The maximum Gasteiger partial charge on any atom is 0.435 e. The smallest absolute Gasteiger partial charge is 0.435 e. The van der Waals surface area contributed by atoms with Gasteiger partial charge in [0, 0.05) is 36.7 Å². The number of halogens is 3. The molecule has 0 unspecified atom stereocenters. The van der Waals surface area contributed by atoms with Gasteiger partial charge < -0.3 is 14.5 Å². The van der Waals surface area contributed by atoms with E-state index >= 15 is 0 Å². The molecule has 5 nitrogen and oxygen atoms in total. The number of alkyl halides is 3. The fourth-order valence-electron chi connectivity index (χ4n) is 4.13. The number of aryl methyl sites for hydroxylation is 1. The number of rotatable bonds is 6. The highest BCUT2D eigenvalue weighted by atomic mass is 19.4. The maximum absolute atomic E-state index is 13.0. The van der Waals surface area contributed by atoms with Crippen LogP contribution in [0.4, 0.5) is 13.2 Å². The summed E-state index contributed by atoms with van der Waals surface area (Å²) in [5.74, 6) is 1.60. The summed E-state index contributed by atoms with van der Waals surface area (Å²) in [4.78, 5) is 10.8. The number of benzene rings is 1. The SMILES string of the molecule is COC[C@H]1CC[C@@H](Oc2ccc(-c3ccc(-c4nc(C(F)(F)F)c(C)[nH]4)cn3)cc2)CC1. The Balaban J connectivity index is 1.40. The van der Waals surface area contributed by atoms with Gasteiger partial charge in [0.15, 0.2) is 5.69 Å². The van der Waals surface area contributed by atoms with Crippen LogP contribution in [-0.2, 0) is 10.9 Å². The molecule has 8 heteroatoms. The largest absolute Gasteiger partial charge is 0.490 e. The zero-order chi connectivity index (χ0) is 22.7. The molecule has 170 valence electrons. The monoisotopic (exact) mass is 445 g/mol. The van der Waals surface area contributed by atoms with Crippen LogP contribution in [0.25, 0.3) is 22.6 Å². The minimum absolute atomic E-state index is 0.0145. The number of methoxy groups -OCH3 is 1. The van der Waals surface area contributed by atoms with Crippen LogP contribution in [-0.4, -0.2) is 34.8 Å². The summed E-state index contributed by atoms with van der Waals surface area (Å²) in [7, 11) is 1.74. The predicted octanol–water partition coefficient (Wildman–Crippen LogP) is 6.05. The van der Waals surface area contributed by atoms with Crippen molar-refractivity contribution in [2.24, 2.45) is 5.92 Å². The van der Waals surface area contributed by atoms with Gasteiger partial charge in [-0.15, -0.1) is 0 Å². The van der Waals surface area contributed by atoms with Crippen LogP contribution in [0.1, 0.15) is 37.1 Å². The van der Waals surface area contributed by atoms with Gasteiger partial charge in [-0.2, -0.15) is 13.2 Å². The minimum Gasteiger partial charge on any atom is -0.490 e. The molecule has 1 aromatic carbocycles. The quantitative estimate of drug-likeness (QED) is 0.502. The van der Waals surface area contributed by atoms with Crippen LogP contribution in [0.5, 0.6) is 5.75 Å². The topological polar surface area (TPSA) is 60.0 Å². The van der Waals surface area contributed by atoms with Crippen molar-refractivity contribution in [2.45, 2.75) is 44.9 Å². The first kappa shape index (κ1) is 22.3. The van der Waals surface area contributed by atoms with Crippen LogP contribution in [0.3, 0.4) is 0 Å². The van der Waals surface area contributed by atoms with E-state index in [-0.39, 0.29) is 17.6 Å². The molecular formula is C24H26F3N3O2. The molecule has 0 aliphatic heterocycles. The average molecular weight is 445 g/mol. The van der Waals surface area contributed by atoms with Gasteiger partial charge >= 0.3 is 6.18 Å². The number of aromatic nitrogens is 3. The first-order valence-corrected chi connectivity index (χ1v) is 10.7. The summed E-state index contributed by atoms with van der Waals surface area (Å²) in [6.45, 7) is 2.17. The normalized spacial score (nSPS) is 19.2. The summed E-state index contributed by atoms with van der Waals surface area (Å²) in [6, 6.07) is 11.2. The van der Waals surface area contributed by atoms with E-state index in [0.29, 0.717) is 11.5 Å². The zero-order valence-electron chi connectivity index (χ0n) is 18.1. The lowest BCUT2D eigenvalue weighted by molar-refractivity contribution is -0.141. The molecule has 1 aliphatic rings. The van der Waals surface area contributed by atoms with E-state index < -0.39 is 11.9 Å². The molecule has 0 amide bonds. The molecule has 0 saturated heterocycles. The lowest BCUT2D eigenvalue weighted by atomic mass is 9.88. The van der Waals surface area contributed by atoms with Crippen molar-refractivity contribution in [3.63, 3.8) is 0 Å². The zero-order valence-corrected chi connectivity index (χ0v) is 18.1. The predicted molar refractivity (Wildman–Crippen MR) is 115 cm³/mol. The maximum atomic E-state index is 13.0. The van der Waals surface area contributed by atoms with Crippen LogP contribution in [0, 0.1) is 12.8 Å². The van der Waals surface area contributed by atoms with Crippen LogP contribution in [0.2, 0.25) is 0 Å². The lowest BCUT2D eigenvalue weighted by Gasteiger charge is -2.28. The molecule has 0 bridgehead atoms. The summed E-state index contributed by atoms with van der Waals surface area (Å²) in [5, 5.41) is 0. The number of hydrogen-bond acceptors (Lipinski definition) is 4. The van der Waals surface area contributed by atoms with E-state index in [1.807, 2.05) is 24.3 Å². The molecule has 4 rings (SSSR count). The minimum atomic E-state index is -4.49. The van der Waals surface area contributed by atoms with Crippen molar-refractivity contribution in [3.05, 3.63) is 54.0 Å². The van der Waals surface area contributed by atoms with Crippen molar-refractivity contribution in [1.82, 2.24) is 15.0 Å². The summed E-state index contributed by atoms with van der Waals surface area (Å²) in [5.41, 5.74) is 1.20. The standard InChI is InChI=1S/C24H26F3N3O2/c1-15-22(24(25,26)27)30-23(29-15)18-7-12-21(28-13-18)17-5-10-20(11-6-17)32-19-8-3-16(4-9-19)14-31-2/h5-7,10-13,16,19H,3-4,8-9,14H2,1-2H3,(H,29,30)/t16-,19+. The average Bonchev–Trinajstić information content (AvgIpc) is 3.18. The Morgan fingerprint density at radius 2 is 1.69 bits per heavy atom. The van der Waals surface area contributed by atoms with Crippen molar-refractivity contribution < 1.29 is 22.6 Å². The van der Waals surface area contributed by atoms with E-state index in [1.165, 1.54) is 13.1 Å². The van der Waals surface area contributed by atoms with Crippen LogP contribution < -0.4 is 4.74 Å². The number of nitrogens with zero attached hydrogens (tertiary/aromatic N) is 2. The molecule has 2 aromatic heterocycles. The van der Waals surface area contributed by atoms with Gasteiger partial charge in [0.2, 0.25) is 0 Å². The highest BCUT2D eigenvalue weighted by Gasteiger charge is 2.36. The molecule has 0 atom stereocenters. The van der Waals surface area contributed by atoms with Gasteiger partial charge in [0.1, 0.15) is 11.6 Å². The molecule has 32 heavy (non-hydrogen) atoms. The fraction of sp³-hybridized carbons (Fsp3) is 0.417. The van der Waals surface area contributed by atoms with Crippen molar-refractivity contribution in [2.75, 3.05) is 13.7 Å². The summed E-state index contributed by atoms with van der Waals surface area (Å²) >= 11 is 0. The number of aromatic amines is 1. The summed E-state index contributed by atoms with van der Waals surface area (Å²) < 4.78 is 50.3. The Bertz CT molecular complexity index is 1020. The molecule has 2 heterocycles. The molecule has 1 saturated carbocycles. The number of imidazole rings is 1. The molecule has 1 N–H and O–H groups in total. The number of pyridine rings is 1. The second-order valence-electron chi connectivity index (χ2n) is 8.23. The third kappa shape index (κ3) is 5.12. The Kier molecular flexibility index (Phi) is 6.50. The third-order valence-electron chi connectivity index (χ3n) is 5.84. The third-order valence-corrected chi connectivity index (χ3v) is 5.84. The highest BCUT2D eigenvalue weighted by Crippen LogP contribution is 2.33. The van der Waals surface area contributed by atoms with Crippen molar-refractivity contribution in [1.29, 1.82) is 0 Å². The molecule has 1 aliphatic carbocycles. The Labute approximate surface area is 185 Å². The Morgan fingerprint density at radius 3 is 2.25 bits per heavy atom. The highest BCUT2D eigenvalue weighted by molar-refractivity contribution is 5.64. The number of hydrogen-bond donors (Lipinski definition) is 1. The fourth-order valence-corrected chi connectivity index (χ4v) is 4.13. The Hall–Kier alpha value is -2.87. The van der Waals surface area contributed by atoms with Gasteiger partial charge in [-0.1, -0.05) is 0 Å². The van der Waals surface area contributed by atoms with Crippen molar-refractivity contribution in [3.8, 4) is 28.4 Å². The van der Waals surface area contributed by atoms with E-state index in [0.717, 1.165) is 49.3 Å². The van der Waals surface area contributed by atoms with Crippen molar-refractivity contribution >= 4 is 0 Å². The summed E-state index contributed by atoms with van der Waals surface area (Å²) in [6.07, 6.45) is 1.56. The first-order chi connectivity index (χ1) is 15.3. The van der Waals surface area contributed by atoms with Gasteiger partial charge in [0.05, 0.1) is 11.8 Å². The van der Waals surface area contributed by atoms with E-state index in [2.05, 4.69) is 15.0 Å². The number of nitrogens with one attached hydrogen (secondary N) is 1. The molecule has 1 fully saturated rings. The van der Waals surface area contributed by atoms with Gasteiger partial charge in [0.25, 0.3) is 0 Å². The van der Waals surface area contributed by atoms with Gasteiger partial charge in [-0.05, 0) is 74.9 Å². The van der Waals surface area contributed by atoms with E-state index in [4.69, 9.17) is 9.47 Å². The number of ether oxygens (including phenoxy) is 2. The lowest BCUT2D eigenvalue weighted by Crippen LogP contribution is -2.25. The van der Waals surface area contributed by atoms with Crippen LogP contribution >= 0.6 is 0 Å². The van der Waals surface area contributed by atoms with Gasteiger partial charge in [-0.25, -0.2) is 4.98 Å².